The molecule has 1 aromatic carbocycles. The normalized spacial score (nSPS) is 26.1. The minimum absolute atomic E-state index is 0.0785. The maximum absolute atomic E-state index is 15.5. The number of hydrogen-bond donors (Lipinski definition) is 1. The first-order chi connectivity index (χ1) is 28.7. The fourth-order valence-electron chi connectivity index (χ4n) is 10.1. The average Bonchev–Trinajstić information content (AvgIpc) is 3.91. The first-order valence-corrected chi connectivity index (χ1v) is 20.3. The summed E-state index contributed by atoms with van der Waals surface area (Å²) in [6, 6.07) is 10.8. The van der Waals surface area contributed by atoms with Gasteiger partial charge in [0.2, 0.25) is 5.91 Å². The van der Waals surface area contributed by atoms with Crippen molar-refractivity contribution in [1.82, 2.24) is 49.1 Å². The van der Waals surface area contributed by atoms with Crippen molar-refractivity contribution in [2.75, 3.05) is 63.8 Å². The van der Waals surface area contributed by atoms with Crippen LogP contribution in [0.4, 0.5) is 20.4 Å². The first kappa shape index (κ1) is 36.4. The van der Waals surface area contributed by atoms with Gasteiger partial charge in [-0.3, -0.25) is 14.7 Å². The van der Waals surface area contributed by atoms with E-state index in [4.69, 9.17) is 34.4 Å². The van der Waals surface area contributed by atoms with E-state index in [-0.39, 0.29) is 29.7 Å². The standard InChI is InChI=1S/C42H44F2N12O3/c1-22-47-32-9-10-45-37-31-5-4-6-35(49-31)48-26-13-34(42(57)52(2)18-28(58-3)19-54(22)38(32)37)55(17-26)40-29-14-46-56(33-8-7-25(43)12-30(33)44)41(29)51-39(50-40)36-23-11-24(36)16-53(15-23)27-20-59-21-27/h4-10,12,14,23-24,26-28,34,36H,11,13,15-21H2,1-3H3,(H,48,49)/t23?,24?,26-,28-,34-,36?/m0/s1. The molecule has 5 aliphatic heterocycles. The Balaban J connectivity index is 1.02. The van der Waals surface area contributed by atoms with E-state index in [1.165, 1.54) is 16.8 Å². The molecule has 5 atom stereocenters. The van der Waals surface area contributed by atoms with Crippen molar-refractivity contribution >= 4 is 39.6 Å². The molecule has 5 aromatic heterocycles. The molecule has 15 nitrogen and oxygen atoms in total. The summed E-state index contributed by atoms with van der Waals surface area (Å²) in [6.45, 7) is 6.50. The van der Waals surface area contributed by atoms with E-state index in [1.54, 1.807) is 24.4 Å². The number of carbonyl (C=O) groups is 1. The molecule has 59 heavy (non-hydrogen) atoms. The van der Waals surface area contributed by atoms with Gasteiger partial charge in [0.05, 0.1) is 60.2 Å². The molecule has 1 amide bonds. The Bertz CT molecular complexity index is 2620. The van der Waals surface area contributed by atoms with E-state index < -0.39 is 17.7 Å². The molecule has 304 valence electrons. The molecule has 1 N–H and O–H groups in total. The summed E-state index contributed by atoms with van der Waals surface area (Å²) in [5, 5.41) is 8.84. The quantitative estimate of drug-likeness (QED) is 0.267. The van der Waals surface area contributed by atoms with Crippen LogP contribution in [0.25, 0.3) is 39.1 Å². The first-order valence-electron chi connectivity index (χ1n) is 20.3. The zero-order valence-corrected chi connectivity index (χ0v) is 33.0. The summed E-state index contributed by atoms with van der Waals surface area (Å²) in [5.74, 6) is 1.92. The Kier molecular flexibility index (Phi) is 8.64. The van der Waals surface area contributed by atoms with Gasteiger partial charge in [-0.15, -0.1) is 0 Å². The number of benzene rings is 1. The van der Waals surface area contributed by atoms with Gasteiger partial charge in [-0.2, -0.15) is 5.10 Å². The third kappa shape index (κ3) is 6.03. The van der Waals surface area contributed by atoms with Crippen LogP contribution in [-0.2, 0) is 20.8 Å². The van der Waals surface area contributed by atoms with Crippen molar-refractivity contribution in [2.24, 2.45) is 11.8 Å². The molecular weight excluding hydrogens is 759 g/mol. The van der Waals surface area contributed by atoms with Crippen LogP contribution in [-0.4, -0.2) is 133 Å². The van der Waals surface area contributed by atoms with Gasteiger partial charge >= 0.3 is 0 Å². The third-order valence-corrected chi connectivity index (χ3v) is 13.2. The number of likely N-dealkylation sites (N-methyl/N-ethyl adjacent to an activating group) is 1. The van der Waals surface area contributed by atoms with Gasteiger partial charge in [-0.1, -0.05) is 6.07 Å². The number of methoxy groups -OCH3 is 1. The summed E-state index contributed by atoms with van der Waals surface area (Å²) in [5.41, 5.74) is 3.56. The van der Waals surface area contributed by atoms with Crippen LogP contribution in [0.2, 0.25) is 0 Å². The van der Waals surface area contributed by atoms with E-state index in [0.717, 1.165) is 55.6 Å². The van der Waals surface area contributed by atoms with E-state index >= 15 is 4.39 Å². The molecule has 10 heterocycles. The predicted octanol–water partition coefficient (Wildman–Crippen LogP) is 4.19. The number of aromatic nitrogens is 8. The molecule has 6 aromatic rings. The van der Waals surface area contributed by atoms with Gasteiger partial charge in [0, 0.05) is 64.6 Å². The highest BCUT2D eigenvalue weighted by molar-refractivity contribution is 5.93. The van der Waals surface area contributed by atoms with E-state index in [1.807, 2.05) is 38.2 Å². The molecule has 6 bridgehead atoms. The lowest BCUT2D eigenvalue weighted by Gasteiger charge is -2.55. The number of carbonyl (C=O) groups excluding carboxylic acids is 1. The highest BCUT2D eigenvalue weighted by atomic mass is 19.1. The Labute approximate surface area is 338 Å². The molecule has 6 aliphatic rings. The molecule has 0 radical (unpaired) electrons. The second-order valence-corrected chi connectivity index (χ2v) is 16.7. The third-order valence-electron chi connectivity index (χ3n) is 13.2. The number of piperidine rings is 2. The summed E-state index contributed by atoms with van der Waals surface area (Å²) >= 11 is 0. The van der Waals surface area contributed by atoms with Gasteiger partial charge < -0.3 is 29.2 Å². The number of anilines is 2. The van der Waals surface area contributed by atoms with E-state index in [0.29, 0.717) is 83.8 Å². The Hall–Kier alpha value is -5.65. The van der Waals surface area contributed by atoms with Crippen molar-refractivity contribution in [3.05, 3.63) is 78.1 Å². The largest absolute Gasteiger partial charge is 0.378 e. The summed E-state index contributed by atoms with van der Waals surface area (Å²) in [6.07, 6.45) is 4.55. The lowest BCUT2D eigenvalue weighted by molar-refractivity contribution is -0.132. The molecule has 12 rings (SSSR count). The Morgan fingerprint density at radius 3 is 2.58 bits per heavy atom. The number of fused-ring (bicyclic) bond motifs is 8. The van der Waals surface area contributed by atoms with Crippen LogP contribution in [0.15, 0.2) is 54.9 Å². The van der Waals surface area contributed by atoms with Gasteiger partial charge in [-0.05, 0) is 61.9 Å². The summed E-state index contributed by atoms with van der Waals surface area (Å²) in [7, 11) is 3.47. The van der Waals surface area contributed by atoms with Crippen molar-refractivity contribution in [2.45, 2.75) is 56.5 Å². The SMILES string of the molecule is CO[C@H]1CN(C)C(=O)[C@@H]2C[C@@H](CN2c2nc(C3C4CC3CN(C3COC3)C4)nc3c2cnn3-c2ccc(F)cc2F)Nc2cccc(n2)-c2nccc3nc(C)n(c23)C1. The molecule has 5 fully saturated rings. The number of nitrogens with one attached hydrogen (secondary N) is 1. The minimum Gasteiger partial charge on any atom is -0.378 e. The van der Waals surface area contributed by atoms with Crippen molar-refractivity contribution in [1.29, 1.82) is 0 Å². The van der Waals surface area contributed by atoms with E-state index in [9.17, 15) is 9.18 Å². The Morgan fingerprint density at radius 1 is 0.949 bits per heavy atom. The highest BCUT2D eigenvalue weighted by Crippen LogP contribution is 2.52. The molecule has 2 unspecified atom stereocenters. The zero-order valence-electron chi connectivity index (χ0n) is 33.0. The molecular formula is C42H44F2N12O3. The lowest BCUT2D eigenvalue weighted by Crippen LogP contribution is -2.61. The highest BCUT2D eigenvalue weighted by Gasteiger charge is 2.51. The number of nitrogens with zero attached hydrogens (tertiary/aromatic N) is 11. The van der Waals surface area contributed by atoms with Crippen LogP contribution in [0.5, 0.6) is 0 Å². The van der Waals surface area contributed by atoms with E-state index in [2.05, 4.69) is 24.8 Å². The van der Waals surface area contributed by atoms with Crippen LogP contribution >= 0.6 is 0 Å². The van der Waals surface area contributed by atoms with Crippen LogP contribution in [0, 0.1) is 30.4 Å². The number of halogens is 2. The number of imidazole rings is 1. The maximum atomic E-state index is 15.5. The molecule has 0 spiro atoms. The van der Waals surface area contributed by atoms with Crippen molar-refractivity contribution in [3.8, 4) is 17.1 Å². The van der Waals surface area contributed by atoms with Gasteiger partial charge in [0.25, 0.3) is 0 Å². The number of aryl methyl sites for hydroxylation is 1. The van der Waals surface area contributed by atoms with Gasteiger partial charge in [0.1, 0.15) is 46.5 Å². The topological polar surface area (TPSA) is 144 Å². The molecule has 1 saturated carbocycles. The molecule has 4 saturated heterocycles. The second-order valence-electron chi connectivity index (χ2n) is 16.7. The number of hydrogen-bond acceptors (Lipinski definition) is 12. The predicted molar refractivity (Wildman–Crippen MR) is 214 cm³/mol. The van der Waals surface area contributed by atoms with Crippen molar-refractivity contribution < 1.29 is 23.0 Å². The van der Waals surface area contributed by atoms with Crippen LogP contribution in [0.1, 0.15) is 30.4 Å². The number of ether oxygens (including phenoxy) is 2. The fraction of sp³-hybridized carbons (Fsp3) is 0.452. The maximum Gasteiger partial charge on any atom is 0.245 e. The summed E-state index contributed by atoms with van der Waals surface area (Å²) in [4.78, 5) is 46.4. The number of rotatable bonds is 5. The summed E-state index contributed by atoms with van der Waals surface area (Å²) < 4.78 is 44.7. The van der Waals surface area contributed by atoms with Crippen LogP contribution < -0.4 is 10.2 Å². The van der Waals surface area contributed by atoms with Gasteiger partial charge in [-0.25, -0.2) is 33.4 Å². The van der Waals surface area contributed by atoms with Gasteiger partial charge in [0.15, 0.2) is 11.5 Å². The van der Waals surface area contributed by atoms with Crippen LogP contribution in [0.3, 0.4) is 0 Å². The minimum atomic E-state index is -0.754. The lowest BCUT2D eigenvalue weighted by atomic mass is 9.61. The number of amides is 1. The van der Waals surface area contributed by atoms with Crippen molar-refractivity contribution in [3.63, 3.8) is 0 Å². The Morgan fingerprint density at radius 2 is 1.80 bits per heavy atom. The zero-order chi connectivity index (χ0) is 40.1. The monoisotopic (exact) mass is 802 g/mol. The second kappa shape index (κ2) is 14.0. The number of pyridine rings is 2. The smallest absolute Gasteiger partial charge is 0.245 e. The average molecular weight is 803 g/mol. The fourth-order valence-corrected chi connectivity index (χ4v) is 10.1. The molecule has 1 aliphatic carbocycles. The molecule has 17 heteroatoms.